The molecule has 1 aliphatic rings. The van der Waals surface area contributed by atoms with Gasteiger partial charge in [-0.3, -0.25) is 4.68 Å². The van der Waals surface area contributed by atoms with Crippen molar-refractivity contribution in [2.24, 2.45) is 7.05 Å². The van der Waals surface area contributed by atoms with Gasteiger partial charge in [0.2, 0.25) is 0 Å². The molecule has 0 saturated heterocycles. The zero-order valence-electron chi connectivity index (χ0n) is 10.8. The Morgan fingerprint density at radius 2 is 2.28 bits per heavy atom. The highest BCUT2D eigenvalue weighted by Gasteiger charge is 2.23. The maximum Gasteiger partial charge on any atom is 0.111 e. The summed E-state index contributed by atoms with van der Waals surface area (Å²) in [6.07, 6.45) is 4.37. The van der Waals surface area contributed by atoms with Crippen molar-refractivity contribution in [3.05, 3.63) is 18.0 Å². The van der Waals surface area contributed by atoms with E-state index in [9.17, 15) is 0 Å². The number of aromatic nitrogens is 5. The molecule has 2 heterocycles. The van der Waals surface area contributed by atoms with Crippen LogP contribution in [-0.4, -0.2) is 30.8 Å². The summed E-state index contributed by atoms with van der Waals surface area (Å²) in [5, 5.41) is 16.2. The molecular weight excluding hydrogens is 228 g/mol. The van der Waals surface area contributed by atoms with Crippen LogP contribution in [0.25, 0.3) is 11.4 Å². The predicted molar refractivity (Wildman–Crippen MR) is 67.8 cm³/mol. The molecule has 0 bridgehead atoms. The standard InChI is InChI=1S/C12H18N6/c1-3-18-12(11-6-7-14-17(11)2)10(15-16-18)8-13-9-4-5-9/h6-7,9,13H,3-5,8H2,1-2H3. The molecule has 0 amide bonds. The second-order valence-electron chi connectivity index (χ2n) is 4.70. The molecule has 1 aliphatic carbocycles. The number of aryl methyl sites for hydroxylation is 2. The summed E-state index contributed by atoms with van der Waals surface area (Å²) in [4.78, 5) is 0. The number of nitrogens with one attached hydrogen (secondary N) is 1. The highest BCUT2D eigenvalue weighted by atomic mass is 15.4. The van der Waals surface area contributed by atoms with Gasteiger partial charge < -0.3 is 5.32 Å². The topological polar surface area (TPSA) is 60.6 Å². The van der Waals surface area contributed by atoms with Crippen LogP contribution in [0, 0.1) is 0 Å². The van der Waals surface area contributed by atoms with Crippen LogP contribution in [0.2, 0.25) is 0 Å². The van der Waals surface area contributed by atoms with Gasteiger partial charge in [-0.2, -0.15) is 5.10 Å². The molecule has 1 fully saturated rings. The number of nitrogens with zero attached hydrogens (tertiary/aromatic N) is 5. The summed E-state index contributed by atoms with van der Waals surface area (Å²) in [7, 11) is 1.94. The second-order valence-corrected chi connectivity index (χ2v) is 4.70. The number of hydrogen-bond acceptors (Lipinski definition) is 4. The van der Waals surface area contributed by atoms with E-state index in [0.29, 0.717) is 6.04 Å². The van der Waals surface area contributed by atoms with Gasteiger partial charge in [0.1, 0.15) is 11.4 Å². The van der Waals surface area contributed by atoms with Crippen molar-refractivity contribution in [3.63, 3.8) is 0 Å². The van der Waals surface area contributed by atoms with Crippen molar-refractivity contribution in [2.75, 3.05) is 0 Å². The first kappa shape index (κ1) is 11.4. The zero-order valence-corrected chi connectivity index (χ0v) is 10.8. The first-order valence-electron chi connectivity index (χ1n) is 6.43. The average molecular weight is 246 g/mol. The van der Waals surface area contributed by atoms with E-state index >= 15 is 0 Å². The van der Waals surface area contributed by atoms with Gasteiger partial charge in [-0.05, 0) is 25.8 Å². The largest absolute Gasteiger partial charge is 0.308 e. The third kappa shape index (κ3) is 2.03. The van der Waals surface area contributed by atoms with Crippen LogP contribution in [-0.2, 0) is 20.1 Å². The van der Waals surface area contributed by atoms with Crippen molar-refractivity contribution in [1.82, 2.24) is 30.1 Å². The SMILES string of the molecule is CCn1nnc(CNC2CC2)c1-c1ccnn1C. The van der Waals surface area contributed by atoms with Gasteiger partial charge in [0, 0.05) is 32.4 Å². The van der Waals surface area contributed by atoms with Crippen LogP contribution in [0.1, 0.15) is 25.5 Å². The van der Waals surface area contributed by atoms with E-state index in [0.717, 1.165) is 30.2 Å². The first-order valence-corrected chi connectivity index (χ1v) is 6.43. The lowest BCUT2D eigenvalue weighted by atomic mass is 10.2. The quantitative estimate of drug-likeness (QED) is 0.853. The first-order chi connectivity index (χ1) is 8.79. The maximum absolute atomic E-state index is 4.29. The summed E-state index contributed by atoms with van der Waals surface area (Å²) in [6.45, 7) is 3.68. The van der Waals surface area contributed by atoms with E-state index in [4.69, 9.17) is 0 Å². The molecule has 3 rings (SSSR count). The van der Waals surface area contributed by atoms with Crippen LogP contribution in [0.4, 0.5) is 0 Å². The highest BCUT2D eigenvalue weighted by Crippen LogP contribution is 2.23. The minimum atomic E-state index is 0.677. The second kappa shape index (κ2) is 4.53. The van der Waals surface area contributed by atoms with Crippen LogP contribution < -0.4 is 5.32 Å². The van der Waals surface area contributed by atoms with Gasteiger partial charge in [-0.25, -0.2) is 4.68 Å². The summed E-state index contributed by atoms with van der Waals surface area (Å²) in [6, 6.07) is 2.68. The van der Waals surface area contributed by atoms with Crippen molar-refractivity contribution >= 4 is 0 Å². The smallest absolute Gasteiger partial charge is 0.111 e. The van der Waals surface area contributed by atoms with E-state index < -0.39 is 0 Å². The number of rotatable bonds is 5. The van der Waals surface area contributed by atoms with Crippen LogP contribution >= 0.6 is 0 Å². The molecule has 1 saturated carbocycles. The lowest BCUT2D eigenvalue weighted by Gasteiger charge is -2.07. The molecule has 0 aromatic carbocycles. The third-order valence-electron chi connectivity index (χ3n) is 3.30. The fraction of sp³-hybridized carbons (Fsp3) is 0.583. The summed E-state index contributed by atoms with van der Waals surface area (Å²) < 4.78 is 3.80. The highest BCUT2D eigenvalue weighted by molar-refractivity contribution is 5.57. The van der Waals surface area contributed by atoms with Crippen molar-refractivity contribution < 1.29 is 0 Å². The van der Waals surface area contributed by atoms with E-state index in [1.807, 2.05) is 22.5 Å². The molecule has 0 radical (unpaired) electrons. The van der Waals surface area contributed by atoms with Gasteiger partial charge in [-0.1, -0.05) is 5.21 Å². The van der Waals surface area contributed by atoms with Gasteiger partial charge in [-0.15, -0.1) is 5.10 Å². The molecule has 18 heavy (non-hydrogen) atoms. The van der Waals surface area contributed by atoms with Gasteiger partial charge in [0.05, 0.1) is 5.69 Å². The Morgan fingerprint density at radius 3 is 2.89 bits per heavy atom. The monoisotopic (exact) mass is 246 g/mol. The van der Waals surface area contributed by atoms with E-state index in [-0.39, 0.29) is 0 Å². The van der Waals surface area contributed by atoms with Gasteiger partial charge >= 0.3 is 0 Å². The normalized spacial score (nSPS) is 15.2. The molecule has 2 aromatic rings. The average Bonchev–Trinajstić information content (AvgIpc) is 2.97. The molecule has 6 nitrogen and oxygen atoms in total. The molecule has 0 atom stereocenters. The Kier molecular flexibility index (Phi) is 2.87. The minimum Gasteiger partial charge on any atom is -0.308 e. The molecule has 0 unspecified atom stereocenters. The zero-order chi connectivity index (χ0) is 12.5. The van der Waals surface area contributed by atoms with Gasteiger partial charge in [0.25, 0.3) is 0 Å². The molecular formula is C12H18N6. The molecule has 96 valence electrons. The third-order valence-corrected chi connectivity index (χ3v) is 3.30. The van der Waals surface area contributed by atoms with Crippen LogP contribution in [0.5, 0.6) is 0 Å². The lowest BCUT2D eigenvalue weighted by Crippen LogP contribution is -2.16. The van der Waals surface area contributed by atoms with E-state index in [1.165, 1.54) is 12.8 Å². The Bertz CT molecular complexity index is 537. The van der Waals surface area contributed by atoms with Gasteiger partial charge in [0.15, 0.2) is 0 Å². The Hall–Kier alpha value is -1.69. The molecule has 6 heteroatoms. The summed E-state index contributed by atoms with van der Waals surface area (Å²) in [5.41, 5.74) is 3.15. The van der Waals surface area contributed by atoms with E-state index in [2.05, 4.69) is 27.7 Å². The fourth-order valence-corrected chi connectivity index (χ4v) is 2.10. The Balaban J connectivity index is 1.93. The van der Waals surface area contributed by atoms with Crippen molar-refractivity contribution in [3.8, 4) is 11.4 Å². The lowest BCUT2D eigenvalue weighted by molar-refractivity contribution is 0.626. The fourth-order valence-electron chi connectivity index (χ4n) is 2.10. The van der Waals surface area contributed by atoms with E-state index in [1.54, 1.807) is 6.20 Å². The van der Waals surface area contributed by atoms with Crippen molar-refractivity contribution in [1.29, 1.82) is 0 Å². The molecule has 0 spiro atoms. The van der Waals surface area contributed by atoms with Crippen LogP contribution in [0.15, 0.2) is 12.3 Å². The minimum absolute atomic E-state index is 0.677. The Labute approximate surface area is 106 Å². The summed E-state index contributed by atoms with van der Waals surface area (Å²) >= 11 is 0. The maximum atomic E-state index is 4.29. The Morgan fingerprint density at radius 1 is 1.44 bits per heavy atom. The molecule has 0 aliphatic heterocycles. The number of hydrogen-bond donors (Lipinski definition) is 1. The van der Waals surface area contributed by atoms with Crippen molar-refractivity contribution in [2.45, 2.75) is 38.9 Å². The predicted octanol–water partition coefficient (Wildman–Crippen LogP) is 0.950. The summed E-state index contributed by atoms with van der Waals surface area (Å²) in [5.74, 6) is 0. The molecule has 1 N–H and O–H groups in total. The van der Waals surface area contributed by atoms with Crippen LogP contribution in [0.3, 0.4) is 0 Å². The molecule has 2 aromatic heterocycles.